The molecule has 0 saturated heterocycles. The first kappa shape index (κ1) is 20.1. The smallest absolute Gasteiger partial charge is 0.306 e. The number of ether oxygens (including phenoxy) is 1. The van der Waals surface area contributed by atoms with Gasteiger partial charge >= 0.3 is 5.97 Å². The molecule has 0 bridgehead atoms. The van der Waals surface area contributed by atoms with Crippen LogP contribution in [0.25, 0.3) is 26.9 Å². The van der Waals surface area contributed by atoms with Crippen molar-refractivity contribution in [3.8, 4) is 0 Å². The van der Waals surface area contributed by atoms with E-state index >= 15 is 0 Å². The average molecular weight is 450 g/mol. The fourth-order valence-corrected chi connectivity index (χ4v) is 4.47. The zero-order valence-corrected chi connectivity index (χ0v) is 17.9. The molecule has 11 heteroatoms. The third kappa shape index (κ3) is 3.46. The summed E-state index contributed by atoms with van der Waals surface area (Å²) in [6, 6.07) is 8.94. The Morgan fingerprint density at radius 1 is 1.19 bits per heavy atom. The van der Waals surface area contributed by atoms with Crippen LogP contribution in [0.4, 0.5) is 0 Å². The minimum absolute atomic E-state index is 0.0613. The van der Waals surface area contributed by atoms with Crippen molar-refractivity contribution in [1.82, 2.24) is 29.1 Å². The van der Waals surface area contributed by atoms with Crippen LogP contribution in [0, 0.1) is 0 Å². The molecule has 10 nitrogen and oxygen atoms in total. The van der Waals surface area contributed by atoms with E-state index in [-0.39, 0.29) is 24.1 Å². The third-order valence-corrected chi connectivity index (χ3v) is 6.11. The highest BCUT2D eigenvalue weighted by Crippen LogP contribution is 2.19. The van der Waals surface area contributed by atoms with Crippen molar-refractivity contribution in [3.05, 3.63) is 68.1 Å². The van der Waals surface area contributed by atoms with Gasteiger partial charge in [0.1, 0.15) is 10.5 Å². The SMILES string of the molecule is Cn1c(=O)c2sccc2n2c(COC(=O)CCCc3nc4ccccc4c(=O)[nH]3)nnc12. The van der Waals surface area contributed by atoms with Gasteiger partial charge in [-0.05, 0) is 30.0 Å². The molecular weight excluding hydrogens is 432 g/mol. The number of para-hydroxylation sites is 1. The van der Waals surface area contributed by atoms with Crippen LogP contribution >= 0.6 is 11.3 Å². The molecule has 0 saturated carbocycles. The zero-order chi connectivity index (χ0) is 22.2. The molecule has 1 N–H and O–H groups in total. The van der Waals surface area contributed by atoms with E-state index in [1.165, 1.54) is 15.9 Å². The highest BCUT2D eigenvalue weighted by atomic mass is 32.1. The molecule has 0 radical (unpaired) electrons. The van der Waals surface area contributed by atoms with Gasteiger partial charge in [0.05, 0.1) is 16.4 Å². The highest BCUT2D eigenvalue weighted by Gasteiger charge is 2.16. The Morgan fingerprint density at radius 3 is 2.91 bits per heavy atom. The van der Waals surface area contributed by atoms with Gasteiger partial charge in [-0.15, -0.1) is 21.5 Å². The Balaban J connectivity index is 1.25. The van der Waals surface area contributed by atoms with Gasteiger partial charge in [-0.3, -0.25) is 23.4 Å². The van der Waals surface area contributed by atoms with E-state index in [1.807, 2.05) is 17.5 Å². The Bertz CT molecular complexity index is 1600. The number of nitrogens with zero attached hydrogens (tertiary/aromatic N) is 5. The van der Waals surface area contributed by atoms with Crippen molar-refractivity contribution >= 4 is 44.2 Å². The van der Waals surface area contributed by atoms with Crippen LogP contribution in [0.1, 0.15) is 24.5 Å². The molecule has 32 heavy (non-hydrogen) atoms. The summed E-state index contributed by atoms with van der Waals surface area (Å²) in [5, 5.41) is 10.5. The third-order valence-electron chi connectivity index (χ3n) is 5.22. The number of hydrogen-bond donors (Lipinski definition) is 1. The number of hydrogen-bond acceptors (Lipinski definition) is 8. The van der Waals surface area contributed by atoms with Crippen LogP contribution in [0.5, 0.6) is 0 Å². The van der Waals surface area contributed by atoms with Gasteiger partial charge in [0.25, 0.3) is 11.1 Å². The largest absolute Gasteiger partial charge is 0.457 e. The predicted molar refractivity (Wildman–Crippen MR) is 119 cm³/mol. The van der Waals surface area contributed by atoms with Crippen molar-refractivity contribution in [3.63, 3.8) is 0 Å². The molecule has 0 amide bonds. The summed E-state index contributed by atoms with van der Waals surface area (Å²) in [5.41, 5.74) is 0.983. The lowest BCUT2D eigenvalue weighted by Crippen LogP contribution is -2.19. The molecule has 1 aromatic carbocycles. The minimum Gasteiger partial charge on any atom is -0.457 e. The summed E-state index contributed by atoms with van der Waals surface area (Å²) < 4.78 is 9.12. The number of fused-ring (bicyclic) bond motifs is 4. The van der Waals surface area contributed by atoms with Gasteiger partial charge in [0.2, 0.25) is 5.78 Å². The van der Waals surface area contributed by atoms with E-state index < -0.39 is 5.97 Å². The number of aryl methyl sites for hydroxylation is 2. The second-order valence-corrected chi connectivity index (χ2v) is 8.21. The van der Waals surface area contributed by atoms with E-state index in [1.54, 1.807) is 29.6 Å². The maximum Gasteiger partial charge on any atom is 0.306 e. The number of aromatic nitrogens is 6. The van der Waals surface area contributed by atoms with Gasteiger partial charge in [0.15, 0.2) is 12.4 Å². The van der Waals surface area contributed by atoms with E-state index in [9.17, 15) is 14.4 Å². The maximum atomic E-state index is 12.4. The van der Waals surface area contributed by atoms with E-state index in [0.717, 1.165) is 0 Å². The lowest BCUT2D eigenvalue weighted by Gasteiger charge is -2.06. The normalized spacial score (nSPS) is 11.5. The number of aromatic amines is 1. The number of esters is 1. The highest BCUT2D eigenvalue weighted by molar-refractivity contribution is 7.17. The zero-order valence-electron chi connectivity index (χ0n) is 17.1. The van der Waals surface area contributed by atoms with E-state index in [0.29, 0.717) is 51.4 Å². The summed E-state index contributed by atoms with van der Waals surface area (Å²) in [5.74, 6) is 0.966. The molecule has 0 unspecified atom stereocenters. The molecule has 5 rings (SSSR count). The Hall–Kier alpha value is -3.86. The van der Waals surface area contributed by atoms with Crippen LogP contribution in [-0.2, 0) is 29.6 Å². The maximum absolute atomic E-state index is 12.4. The van der Waals surface area contributed by atoms with Crippen LogP contribution in [0.15, 0.2) is 45.3 Å². The summed E-state index contributed by atoms with van der Waals surface area (Å²) >= 11 is 1.34. The van der Waals surface area contributed by atoms with Crippen molar-refractivity contribution in [2.45, 2.75) is 25.9 Å². The number of rotatable bonds is 6. The quantitative estimate of drug-likeness (QED) is 0.392. The second-order valence-electron chi connectivity index (χ2n) is 7.29. The molecule has 0 spiro atoms. The molecule has 0 aliphatic rings. The predicted octanol–water partition coefficient (Wildman–Crippen LogP) is 1.95. The first-order valence-electron chi connectivity index (χ1n) is 9.96. The number of carbonyl (C=O) groups excluding carboxylic acids is 1. The van der Waals surface area contributed by atoms with Crippen LogP contribution in [0.2, 0.25) is 0 Å². The van der Waals surface area contributed by atoms with Crippen molar-refractivity contribution < 1.29 is 9.53 Å². The van der Waals surface area contributed by atoms with Gasteiger partial charge < -0.3 is 9.72 Å². The molecule has 162 valence electrons. The first-order chi connectivity index (χ1) is 15.5. The van der Waals surface area contributed by atoms with Gasteiger partial charge in [-0.1, -0.05) is 12.1 Å². The fourth-order valence-electron chi connectivity index (χ4n) is 3.62. The summed E-state index contributed by atoms with van der Waals surface area (Å²) in [4.78, 5) is 44.0. The average Bonchev–Trinajstić information content (AvgIpc) is 3.43. The number of H-pyrrole nitrogens is 1. The Kier molecular flexibility index (Phi) is 5.02. The topological polar surface area (TPSA) is 124 Å². The summed E-state index contributed by atoms with van der Waals surface area (Å²) in [6.45, 7) is -0.0613. The van der Waals surface area contributed by atoms with Gasteiger partial charge in [-0.25, -0.2) is 4.98 Å². The number of thiophene rings is 1. The molecule has 0 atom stereocenters. The second kappa shape index (κ2) is 8.00. The summed E-state index contributed by atoms with van der Waals surface area (Å²) in [6.07, 6.45) is 1.09. The first-order valence-corrected chi connectivity index (χ1v) is 10.8. The van der Waals surface area contributed by atoms with E-state index in [2.05, 4.69) is 20.2 Å². The standard InChI is InChI=1S/C21H18N6O4S/c1-26-20(30)18-14(9-10-32-18)27-16(24-25-21(26)27)11-31-17(28)8-4-7-15-22-13-6-3-2-5-12(13)19(29)23-15/h2-3,5-6,9-10H,4,7-8,11H2,1H3,(H,22,23,29). The molecule has 5 aromatic rings. The van der Waals surface area contributed by atoms with Gasteiger partial charge in [0, 0.05) is 19.9 Å². The number of carbonyl (C=O) groups is 1. The van der Waals surface area contributed by atoms with Crippen molar-refractivity contribution in [2.24, 2.45) is 7.05 Å². The molecule has 4 heterocycles. The molecule has 4 aromatic heterocycles. The van der Waals surface area contributed by atoms with Crippen molar-refractivity contribution in [1.29, 1.82) is 0 Å². The van der Waals surface area contributed by atoms with Crippen LogP contribution in [-0.4, -0.2) is 35.1 Å². The lowest BCUT2D eigenvalue weighted by atomic mass is 10.2. The molecule has 0 aliphatic heterocycles. The minimum atomic E-state index is -0.392. The Morgan fingerprint density at radius 2 is 2.03 bits per heavy atom. The summed E-state index contributed by atoms with van der Waals surface area (Å²) in [7, 11) is 1.63. The number of nitrogens with one attached hydrogen (secondary N) is 1. The fraction of sp³-hybridized carbons (Fsp3) is 0.238. The monoisotopic (exact) mass is 450 g/mol. The van der Waals surface area contributed by atoms with Crippen molar-refractivity contribution in [2.75, 3.05) is 0 Å². The molecule has 0 fully saturated rings. The van der Waals surface area contributed by atoms with Crippen LogP contribution < -0.4 is 11.1 Å². The molecule has 0 aliphatic carbocycles. The molecular formula is C21H18N6O4S. The lowest BCUT2D eigenvalue weighted by molar-refractivity contribution is -0.145. The van der Waals surface area contributed by atoms with E-state index in [4.69, 9.17) is 4.74 Å². The van der Waals surface area contributed by atoms with Crippen LogP contribution in [0.3, 0.4) is 0 Å². The number of benzene rings is 1. The van der Waals surface area contributed by atoms with Gasteiger partial charge in [-0.2, -0.15) is 0 Å². The Labute approximate surface area is 184 Å².